The average molecular weight is 263 g/mol. The Morgan fingerprint density at radius 3 is 2.05 bits per heavy atom. The Kier molecular flexibility index (Phi) is 4.84. The summed E-state index contributed by atoms with van der Waals surface area (Å²) in [5.41, 5.74) is 0.757. The Hall–Kier alpha value is -0.0400. The number of nitrogens with one attached hydrogen (secondary N) is 1. The van der Waals surface area contributed by atoms with Crippen molar-refractivity contribution in [1.29, 1.82) is 0 Å². The van der Waals surface area contributed by atoms with Crippen molar-refractivity contribution in [2.45, 2.75) is 83.5 Å². The van der Waals surface area contributed by atoms with Gasteiger partial charge in [-0.15, -0.1) is 0 Å². The molecule has 0 amide bonds. The fourth-order valence-corrected chi connectivity index (χ4v) is 4.72. The molecular formula is C18H33N. The van der Waals surface area contributed by atoms with E-state index in [1.165, 1.54) is 96.6 Å². The van der Waals surface area contributed by atoms with Gasteiger partial charge in [0.15, 0.2) is 0 Å². The second kappa shape index (κ2) is 6.61. The monoisotopic (exact) mass is 263 g/mol. The summed E-state index contributed by atoms with van der Waals surface area (Å²) in [5, 5.41) is 3.83. The van der Waals surface area contributed by atoms with Gasteiger partial charge in [0.25, 0.3) is 0 Å². The third kappa shape index (κ3) is 3.74. The van der Waals surface area contributed by atoms with Crippen LogP contribution in [0.25, 0.3) is 0 Å². The van der Waals surface area contributed by atoms with Crippen LogP contribution < -0.4 is 5.32 Å². The van der Waals surface area contributed by atoms with Crippen molar-refractivity contribution in [3.8, 4) is 0 Å². The van der Waals surface area contributed by atoms with Gasteiger partial charge in [0.05, 0.1) is 0 Å². The zero-order chi connectivity index (χ0) is 13.0. The van der Waals surface area contributed by atoms with Crippen LogP contribution in [0.15, 0.2) is 0 Å². The zero-order valence-electron chi connectivity index (χ0n) is 12.8. The predicted octanol–water partition coefficient (Wildman–Crippen LogP) is 4.91. The summed E-state index contributed by atoms with van der Waals surface area (Å²) in [6, 6.07) is 0. The van der Waals surface area contributed by atoms with Crippen molar-refractivity contribution in [3.05, 3.63) is 0 Å². The molecular weight excluding hydrogens is 230 g/mol. The summed E-state index contributed by atoms with van der Waals surface area (Å²) >= 11 is 0. The van der Waals surface area contributed by atoms with Crippen LogP contribution in [0.4, 0.5) is 0 Å². The molecule has 1 N–H and O–H groups in total. The maximum absolute atomic E-state index is 3.83. The molecule has 0 aromatic heterocycles. The molecule has 110 valence electrons. The second-order valence-corrected chi connectivity index (χ2v) is 7.67. The Bertz CT molecular complexity index is 257. The molecule has 0 atom stereocenters. The molecule has 3 rings (SSSR count). The van der Waals surface area contributed by atoms with Crippen molar-refractivity contribution in [2.75, 3.05) is 13.1 Å². The van der Waals surface area contributed by atoms with Gasteiger partial charge in [-0.3, -0.25) is 0 Å². The number of hydrogen-bond acceptors (Lipinski definition) is 1. The minimum absolute atomic E-state index is 0.757. The highest BCUT2D eigenvalue weighted by Gasteiger charge is 2.48. The number of hydrogen-bond donors (Lipinski definition) is 1. The molecule has 0 unspecified atom stereocenters. The van der Waals surface area contributed by atoms with Crippen molar-refractivity contribution >= 4 is 0 Å². The number of rotatable bonds is 6. The predicted molar refractivity (Wildman–Crippen MR) is 82.3 cm³/mol. The molecule has 0 heterocycles. The first-order chi connectivity index (χ1) is 9.39. The van der Waals surface area contributed by atoms with Gasteiger partial charge in [0.1, 0.15) is 0 Å². The summed E-state index contributed by atoms with van der Waals surface area (Å²) in [6.45, 7) is 2.63. The van der Waals surface area contributed by atoms with Crippen LogP contribution in [0.2, 0.25) is 0 Å². The summed E-state index contributed by atoms with van der Waals surface area (Å²) < 4.78 is 0. The standard InChI is InChI=1S/C18H33N/c1-3-7-16(8-4-1)11-14-19-15-18(12-13-18)17-9-5-2-6-10-17/h16-17,19H,1-15H2. The van der Waals surface area contributed by atoms with E-state index in [-0.39, 0.29) is 0 Å². The van der Waals surface area contributed by atoms with Gasteiger partial charge in [-0.2, -0.15) is 0 Å². The van der Waals surface area contributed by atoms with E-state index in [4.69, 9.17) is 0 Å². The molecule has 3 fully saturated rings. The summed E-state index contributed by atoms with van der Waals surface area (Å²) in [6.07, 6.45) is 19.6. The van der Waals surface area contributed by atoms with Gasteiger partial charge in [-0.25, -0.2) is 0 Å². The van der Waals surface area contributed by atoms with Crippen molar-refractivity contribution in [1.82, 2.24) is 5.32 Å². The highest BCUT2D eigenvalue weighted by Crippen LogP contribution is 2.55. The van der Waals surface area contributed by atoms with Crippen LogP contribution in [0.3, 0.4) is 0 Å². The molecule has 19 heavy (non-hydrogen) atoms. The van der Waals surface area contributed by atoms with Gasteiger partial charge < -0.3 is 5.32 Å². The molecule has 1 heteroatoms. The van der Waals surface area contributed by atoms with E-state index < -0.39 is 0 Å². The lowest BCUT2D eigenvalue weighted by atomic mass is 9.77. The quantitative estimate of drug-likeness (QED) is 0.672. The lowest BCUT2D eigenvalue weighted by molar-refractivity contribution is 0.218. The molecule has 0 aromatic carbocycles. The molecule has 0 bridgehead atoms. The van der Waals surface area contributed by atoms with E-state index in [0.717, 1.165) is 17.3 Å². The van der Waals surface area contributed by atoms with Crippen LogP contribution in [0.1, 0.15) is 83.5 Å². The molecule has 0 aliphatic heterocycles. The topological polar surface area (TPSA) is 12.0 Å². The van der Waals surface area contributed by atoms with Gasteiger partial charge in [0.2, 0.25) is 0 Å². The normalized spacial score (nSPS) is 28.4. The largest absolute Gasteiger partial charge is 0.316 e. The minimum atomic E-state index is 0.757. The van der Waals surface area contributed by atoms with E-state index >= 15 is 0 Å². The third-order valence-corrected chi connectivity index (χ3v) is 6.29. The average Bonchev–Trinajstić information content (AvgIpc) is 3.27. The van der Waals surface area contributed by atoms with E-state index in [0.29, 0.717) is 0 Å². The molecule has 0 saturated heterocycles. The van der Waals surface area contributed by atoms with Crippen LogP contribution in [0.5, 0.6) is 0 Å². The molecule has 0 spiro atoms. The first kappa shape index (κ1) is 13.9. The van der Waals surface area contributed by atoms with Gasteiger partial charge in [-0.1, -0.05) is 51.4 Å². The summed E-state index contributed by atoms with van der Waals surface area (Å²) in [7, 11) is 0. The first-order valence-corrected chi connectivity index (χ1v) is 9.10. The van der Waals surface area contributed by atoms with Crippen LogP contribution in [0, 0.1) is 17.3 Å². The SMILES string of the molecule is C1CCC(CCNCC2(C3CCCCC3)CC2)CC1. The van der Waals surface area contributed by atoms with E-state index in [1.54, 1.807) is 0 Å². The molecule has 3 aliphatic rings. The van der Waals surface area contributed by atoms with E-state index in [1.807, 2.05) is 0 Å². The molecule has 0 aromatic rings. The molecule has 1 nitrogen and oxygen atoms in total. The third-order valence-electron chi connectivity index (χ3n) is 6.29. The van der Waals surface area contributed by atoms with Crippen molar-refractivity contribution < 1.29 is 0 Å². The van der Waals surface area contributed by atoms with Crippen molar-refractivity contribution in [3.63, 3.8) is 0 Å². The minimum Gasteiger partial charge on any atom is -0.316 e. The first-order valence-electron chi connectivity index (χ1n) is 9.10. The Labute approximate surface area is 119 Å². The van der Waals surface area contributed by atoms with Crippen LogP contribution in [-0.4, -0.2) is 13.1 Å². The fraction of sp³-hybridized carbons (Fsp3) is 1.00. The fourth-order valence-electron chi connectivity index (χ4n) is 4.72. The Morgan fingerprint density at radius 2 is 1.42 bits per heavy atom. The van der Waals surface area contributed by atoms with E-state index in [9.17, 15) is 0 Å². The van der Waals surface area contributed by atoms with Crippen LogP contribution >= 0.6 is 0 Å². The Balaban J connectivity index is 1.33. The summed E-state index contributed by atoms with van der Waals surface area (Å²) in [4.78, 5) is 0. The maximum atomic E-state index is 3.83. The molecule has 0 radical (unpaired) electrons. The molecule has 3 aliphatic carbocycles. The maximum Gasteiger partial charge on any atom is 0.00105 e. The molecule has 3 saturated carbocycles. The van der Waals surface area contributed by atoms with E-state index in [2.05, 4.69) is 5.32 Å². The zero-order valence-corrected chi connectivity index (χ0v) is 12.8. The van der Waals surface area contributed by atoms with Gasteiger partial charge >= 0.3 is 0 Å². The van der Waals surface area contributed by atoms with Crippen molar-refractivity contribution in [2.24, 2.45) is 17.3 Å². The van der Waals surface area contributed by atoms with Gasteiger partial charge in [-0.05, 0) is 55.9 Å². The summed E-state index contributed by atoms with van der Waals surface area (Å²) in [5.74, 6) is 2.12. The smallest absolute Gasteiger partial charge is 0.00105 e. The van der Waals surface area contributed by atoms with Crippen LogP contribution in [-0.2, 0) is 0 Å². The second-order valence-electron chi connectivity index (χ2n) is 7.67. The van der Waals surface area contributed by atoms with Gasteiger partial charge in [0, 0.05) is 6.54 Å². The lowest BCUT2D eigenvalue weighted by Crippen LogP contribution is -2.32. The highest BCUT2D eigenvalue weighted by atomic mass is 14.9. The Morgan fingerprint density at radius 1 is 0.789 bits per heavy atom. The highest BCUT2D eigenvalue weighted by molar-refractivity contribution is 5.00. The lowest BCUT2D eigenvalue weighted by Gasteiger charge is -2.31.